The van der Waals surface area contributed by atoms with Gasteiger partial charge in [0, 0.05) is 30.8 Å². The van der Waals surface area contributed by atoms with Gasteiger partial charge >= 0.3 is 0 Å². The Morgan fingerprint density at radius 3 is 2.81 bits per heavy atom. The summed E-state index contributed by atoms with van der Waals surface area (Å²) >= 11 is 0. The molecular formula is C22H28N2O2. The first-order valence-corrected chi connectivity index (χ1v) is 9.49. The average molecular weight is 352 g/mol. The molecule has 3 aliphatic rings. The number of hydrogen-bond donors (Lipinski definition) is 0. The molecule has 26 heavy (non-hydrogen) atoms. The Hall–Kier alpha value is -1.91. The van der Waals surface area contributed by atoms with E-state index in [2.05, 4.69) is 36.6 Å². The highest BCUT2D eigenvalue weighted by Gasteiger charge is 2.43. The van der Waals surface area contributed by atoms with Crippen LogP contribution in [0.5, 0.6) is 5.75 Å². The molecule has 0 radical (unpaired) electrons. The number of benzene rings is 1. The largest absolute Gasteiger partial charge is 0.497 e. The summed E-state index contributed by atoms with van der Waals surface area (Å²) in [4.78, 5) is 7.31. The van der Waals surface area contributed by atoms with Gasteiger partial charge in [-0.2, -0.15) is 0 Å². The summed E-state index contributed by atoms with van der Waals surface area (Å²) in [6, 6.07) is 8.70. The third-order valence-corrected chi connectivity index (χ3v) is 6.24. The van der Waals surface area contributed by atoms with Crippen LogP contribution in [0.15, 0.2) is 36.9 Å². The summed E-state index contributed by atoms with van der Waals surface area (Å²) < 4.78 is 11.6. The van der Waals surface area contributed by atoms with E-state index in [0.717, 1.165) is 41.4 Å². The zero-order valence-corrected chi connectivity index (χ0v) is 15.9. The minimum Gasteiger partial charge on any atom is -0.497 e. The first-order valence-electron chi connectivity index (χ1n) is 9.49. The number of aryl methyl sites for hydroxylation is 1. The molecule has 5 atom stereocenters. The number of methoxy groups -OCH3 is 2. The number of nitrogens with zero attached hydrogens (tertiary/aromatic N) is 2. The van der Waals surface area contributed by atoms with E-state index in [-0.39, 0.29) is 6.10 Å². The zero-order chi connectivity index (χ0) is 18.3. The lowest BCUT2D eigenvalue weighted by Gasteiger charge is -2.51. The molecule has 3 fully saturated rings. The van der Waals surface area contributed by atoms with Gasteiger partial charge in [-0.05, 0) is 68.0 Å². The van der Waals surface area contributed by atoms with Crippen molar-refractivity contribution >= 4 is 10.9 Å². The highest BCUT2D eigenvalue weighted by molar-refractivity contribution is 5.84. The zero-order valence-electron chi connectivity index (χ0n) is 15.9. The van der Waals surface area contributed by atoms with Crippen molar-refractivity contribution in [2.24, 2.45) is 11.8 Å². The Labute approximate surface area is 155 Å². The van der Waals surface area contributed by atoms with E-state index in [4.69, 9.17) is 14.5 Å². The number of fused-ring (bicyclic) bond motifs is 4. The number of piperidine rings is 3. The normalized spacial score (nSPS) is 28.9. The molecule has 4 unspecified atom stereocenters. The first kappa shape index (κ1) is 17.5. The fourth-order valence-corrected chi connectivity index (χ4v) is 4.91. The van der Waals surface area contributed by atoms with Crippen molar-refractivity contribution < 1.29 is 9.47 Å². The van der Waals surface area contributed by atoms with Crippen molar-refractivity contribution in [3.8, 4) is 5.75 Å². The van der Waals surface area contributed by atoms with E-state index in [1.165, 1.54) is 18.4 Å². The minimum atomic E-state index is 0.0415. The van der Waals surface area contributed by atoms with Gasteiger partial charge in [0.2, 0.25) is 0 Å². The van der Waals surface area contributed by atoms with Crippen molar-refractivity contribution in [3.63, 3.8) is 0 Å². The molecule has 2 aromatic rings. The molecule has 4 heterocycles. The number of aromatic nitrogens is 1. The molecule has 4 nitrogen and oxygen atoms in total. The van der Waals surface area contributed by atoms with Crippen LogP contribution in [0, 0.1) is 18.8 Å². The van der Waals surface area contributed by atoms with Crippen LogP contribution in [0.3, 0.4) is 0 Å². The molecule has 0 saturated carbocycles. The molecule has 1 aromatic carbocycles. The van der Waals surface area contributed by atoms with Crippen LogP contribution in [0.25, 0.3) is 10.9 Å². The Bertz CT molecular complexity index is 819. The van der Waals surface area contributed by atoms with E-state index in [0.29, 0.717) is 12.0 Å². The van der Waals surface area contributed by atoms with Crippen LogP contribution in [-0.4, -0.2) is 43.2 Å². The van der Waals surface area contributed by atoms with Crippen molar-refractivity contribution in [2.45, 2.75) is 31.9 Å². The fraction of sp³-hybridized carbons (Fsp3) is 0.500. The maximum atomic E-state index is 6.10. The monoisotopic (exact) mass is 352 g/mol. The second-order valence-electron chi connectivity index (χ2n) is 7.64. The summed E-state index contributed by atoms with van der Waals surface area (Å²) in [5.74, 6) is 2.20. The molecule has 3 saturated heterocycles. The van der Waals surface area contributed by atoms with Gasteiger partial charge in [0.25, 0.3) is 0 Å². The van der Waals surface area contributed by atoms with Crippen LogP contribution in [0.2, 0.25) is 0 Å². The van der Waals surface area contributed by atoms with Gasteiger partial charge in [-0.15, -0.1) is 6.58 Å². The van der Waals surface area contributed by atoms with Crippen molar-refractivity contribution in [2.75, 3.05) is 27.3 Å². The maximum Gasteiger partial charge on any atom is 0.119 e. The predicted molar refractivity (Wildman–Crippen MR) is 105 cm³/mol. The second kappa shape index (κ2) is 7.01. The van der Waals surface area contributed by atoms with E-state index in [1.54, 1.807) is 7.11 Å². The Balaban J connectivity index is 1.76. The van der Waals surface area contributed by atoms with Gasteiger partial charge in [-0.1, -0.05) is 6.08 Å². The van der Waals surface area contributed by atoms with Crippen molar-refractivity contribution in [1.29, 1.82) is 0 Å². The standard InChI is InChI=1S/C22H28N2O2/c1-5-15-13-24-9-8-16(15)11-21(24)22(26-4)19-10-14(2)23-20-7-6-17(25-3)12-18(19)20/h5-7,10,12,15-16,21-22H,1,8-9,11,13H2,2-4H3/t15?,16?,21?,22-/m1/s1. The van der Waals surface area contributed by atoms with Crippen molar-refractivity contribution in [3.05, 3.63) is 48.2 Å². The lowest BCUT2D eigenvalue weighted by molar-refractivity contribution is -0.0601. The second-order valence-corrected chi connectivity index (χ2v) is 7.64. The van der Waals surface area contributed by atoms with Gasteiger partial charge in [0.15, 0.2) is 0 Å². The summed E-state index contributed by atoms with van der Waals surface area (Å²) in [5.41, 5.74) is 3.25. The lowest BCUT2D eigenvalue weighted by Crippen LogP contribution is -2.55. The molecule has 0 spiro atoms. The highest BCUT2D eigenvalue weighted by Crippen LogP contribution is 2.43. The molecule has 0 N–H and O–H groups in total. The molecule has 0 aliphatic carbocycles. The summed E-state index contributed by atoms with van der Waals surface area (Å²) in [7, 11) is 3.54. The van der Waals surface area contributed by atoms with E-state index in [1.807, 2.05) is 19.2 Å². The summed E-state index contributed by atoms with van der Waals surface area (Å²) in [6.07, 6.45) is 4.63. The van der Waals surface area contributed by atoms with Gasteiger partial charge in [-0.25, -0.2) is 0 Å². The van der Waals surface area contributed by atoms with Crippen LogP contribution < -0.4 is 4.74 Å². The van der Waals surface area contributed by atoms with Crippen LogP contribution in [-0.2, 0) is 4.74 Å². The smallest absolute Gasteiger partial charge is 0.119 e. The topological polar surface area (TPSA) is 34.6 Å². The minimum absolute atomic E-state index is 0.0415. The first-order chi connectivity index (χ1) is 12.6. The van der Waals surface area contributed by atoms with Gasteiger partial charge in [-0.3, -0.25) is 9.88 Å². The highest BCUT2D eigenvalue weighted by atomic mass is 16.5. The molecule has 0 amide bonds. The summed E-state index contributed by atoms with van der Waals surface area (Å²) in [6.45, 7) is 8.36. The van der Waals surface area contributed by atoms with E-state index < -0.39 is 0 Å². The number of pyridine rings is 1. The van der Waals surface area contributed by atoms with Crippen LogP contribution in [0.1, 0.15) is 30.2 Å². The average Bonchev–Trinajstić information content (AvgIpc) is 2.68. The Morgan fingerprint density at radius 2 is 2.15 bits per heavy atom. The van der Waals surface area contributed by atoms with Crippen LogP contribution >= 0.6 is 0 Å². The van der Waals surface area contributed by atoms with Gasteiger partial charge in [0.1, 0.15) is 5.75 Å². The quantitative estimate of drug-likeness (QED) is 0.758. The van der Waals surface area contributed by atoms with E-state index in [9.17, 15) is 0 Å². The number of hydrogen-bond acceptors (Lipinski definition) is 4. The summed E-state index contributed by atoms with van der Waals surface area (Å²) in [5, 5.41) is 1.13. The SMILES string of the molecule is C=CC1CN2CCC1CC2[C@H](OC)c1cc(C)nc2ccc(OC)cc12. The third-order valence-electron chi connectivity index (χ3n) is 6.24. The Morgan fingerprint density at radius 1 is 1.31 bits per heavy atom. The lowest BCUT2D eigenvalue weighted by atomic mass is 9.73. The molecule has 5 rings (SSSR count). The molecule has 2 bridgehead atoms. The maximum absolute atomic E-state index is 6.10. The number of ether oxygens (including phenoxy) is 2. The van der Waals surface area contributed by atoms with Gasteiger partial charge < -0.3 is 9.47 Å². The predicted octanol–water partition coefficient (Wildman–Crippen LogP) is 4.14. The molecule has 1 aromatic heterocycles. The van der Waals surface area contributed by atoms with Crippen molar-refractivity contribution in [1.82, 2.24) is 9.88 Å². The number of rotatable bonds is 5. The fourth-order valence-electron chi connectivity index (χ4n) is 4.91. The van der Waals surface area contributed by atoms with E-state index >= 15 is 0 Å². The molecule has 138 valence electrons. The molecule has 3 aliphatic heterocycles. The van der Waals surface area contributed by atoms with Gasteiger partial charge in [0.05, 0.1) is 18.7 Å². The molecule has 4 heteroatoms. The van der Waals surface area contributed by atoms with Crippen LogP contribution in [0.4, 0.5) is 0 Å². The molecular weight excluding hydrogens is 324 g/mol. The third kappa shape index (κ3) is 2.91. The Kier molecular flexibility index (Phi) is 4.72.